The van der Waals surface area contributed by atoms with E-state index < -0.39 is 30.0 Å². The number of carbonyl (C=O) groups excluding carboxylic acids is 5. The van der Waals surface area contributed by atoms with Crippen molar-refractivity contribution in [3.8, 4) is 28.4 Å². The lowest BCUT2D eigenvalue weighted by Gasteiger charge is -2.09. The molecule has 0 bridgehead atoms. The highest BCUT2D eigenvalue weighted by Gasteiger charge is 2.14. The highest BCUT2D eigenvalue weighted by Crippen LogP contribution is 2.24. The van der Waals surface area contributed by atoms with Gasteiger partial charge < -0.3 is 28.4 Å². The summed E-state index contributed by atoms with van der Waals surface area (Å²) in [6.45, 7) is 6.95. The third-order valence-corrected chi connectivity index (χ3v) is 5.79. The lowest BCUT2D eigenvalue weighted by Crippen LogP contribution is -2.14. The van der Waals surface area contributed by atoms with Crippen molar-refractivity contribution < 1.29 is 52.4 Å². The molecular formula is C33H30O11. The Balaban J connectivity index is 1.39. The normalized spacial score (nSPS) is 10.1. The van der Waals surface area contributed by atoms with Crippen molar-refractivity contribution in [2.24, 2.45) is 0 Å². The monoisotopic (exact) mass is 602 g/mol. The summed E-state index contributed by atoms with van der Waals surface area (Å²) in [5.41, 5.74) is 1.97. The molecule has 11 nitrogen and oxygen atoms in total. The molecule has 0 radical (unpaired) electrons. The van der Waals surface area contributed by atoms with E-state index >= 15 is 0 Å². The first-order valence-corrected chi connectivity index (χ1v) is 13.3. The molecule has 0 saturated heterocycles. The van der Waals surface area contributed by atoms with Gasteiger partial charge in [-0.2, -0.15) is 0 Å². The zero-order valence-corrected chi connectivity index (χ0v) is 23.9. The van der Waals surface area contributed by atoms with Crippen LogP contribution in [0.25, 0.3) is 11.1 Å². The SMILES string of the molecule is C=CC(=O)Oc1ccc(OC(=O)c2ccc(-c3ccc(OC(=O)OCCCCOC(=O)C(=C)CC(=O)OC)cc3)cc2)cc1. The average molecular weight is 603 g/mol. The summed E-state index contributed by atoms with van der Waals surface area (Å²) < 4.78 is 30.0. The number of ether oxygens (including phenoxy) is 6. The molecule has 0 heterocycles. The summed E-state index contributed by atoms with van der Waals surface area (Å²) >= 11 is 0. The number of hydrogen-bond donors (Lipinski definition) is 0. The Kier molecular flexibility index (Phi) is 12.4. The van der Waals surface area contributed by atoms with Crippen LogP contribution in [0.2, 0.25) is 0 Å². The Hall–Kier alpha value is -5.71. The second kappa shape index (κ2) is 16.7. The summed E-state index contributed by atoms with van der Waals surface area (Å²) in [4.78, 5) is 58.6. The number of rotatable bonds is 14. The second-order valence-electron chi connectivity index (χ2n) is 8.99. The van der Waals surface area contributed by atoms with E-state index in [1.54, 1.807) is 48.5 Å². The van der Waals surface area contributed by atoms with Gasteiger partial charge in [0.15, 0.2) is 0 Å². The van der Waals surface area contributed by atoms with E-state index in [9.17, 15) is 24.0 Å². The molecule has 0 aliphatic heterocycles. The fourth-order valence-electron chi connectivity index (χ4n) is 3.48. The minimum atomic E-state index is -0.878. The van der Waals surface area contributed by atoms with Crippen LogP contribution in [0.1, 0.15) is 29.6 Å². The molecular weight excluding hydrogens is 572 g/mol. The van der Waals surface area contributed by atoms with Crippen molar-refractivity contribution in [2.75, 3.05) is 20.3 Å². The average Bonchev–Trinajstić information content (AvgIpc) is 3.03. The predicted octanol–water partition coefficient (Wildman–Crippen LogP) is 5.62. The van der Waals surface area contributed by atoms with Crippen LogP contribution in [0.15, 0.2) is 97.6 Å². The fourth-order valence-corrected chi connectivity index (χ4v) is 3.48. The van der Waals surface area contributed by atoms with Crippen molar-refractivity contribution in [3.05, 3.63) is 103 Å². The third-order valence-electron chi connectivity index (χ3n) is 5.79. The summed E-state index contributed by atoms with van der Waals surface area (Å²) in [7, 11) is 1.21. The quantitative estimate of drug-likeness (QED) is 0.0567. The first-order chi connectivity index (χ1) is 21.2. The molecule has 0 aromatic heterocycles. The predicted molar refractivity (Wildman–Crippen MR) is 157 cm³/mol. The van der Waals surface area contributed by atoms with E-state index in [1.165, 1.54) is 31.4 Å². The maximum atomic E-state index is 12.5. The van der Waals surface area contributed by atoms with Gasteiger partial charge in [-0.05, 0) is 72.5 Å². The standard InChI is InChI=1S/C33H30O11/c1-4-29(34)42-26-15-17-27(18-16-26)43-32(37)25-9-7-23(8-10-25)24-11-13-28(14-12-24)44-33(38)41-20-6-5-19-40-31(36)22(2)21-30(35)39-3/h4,7-18H,1-2,5-6,19-21H2,3H3. The lowest BCUT2D eigenvalue weighted by molar-refractivity contribution is -0.144. The zero-order valence-electron chi connectivity index (χ0n) is 23.9. The molecule has 0 saturated carbocycles. The highest BCUT2D eigenvalue weighted by molar-refractivity contribution is 5.93. The highest BCUT2D eigenvalue weighted by atomic mass is 16.7. The van der Waals surface area contributed by atoms with Crippen LogP contribution in [0.5, 0.6) is 17.2 Å². The number of benzene rings is 3. The number of hydrogen-bond acceptors (Lipinski definition) is 11. The summed E-state index contributed by atoms with van der Waals surface area (Å²) in [5.74, 6) is -1.56. The summed E-state index contributed by atoms with van der Waals surface area (Å²) in [6.07, 6.45) is 0.775. The van der Waals surface area contributed by atoms with Gasteiger partial charge in [0.05, 0.1) is 32.3 Å². The van der Waals surface area contributed by atoms with E-state index in [1.807, 2.05) is 0 Å². The van der Waals surface area contributed by atoms with Crippen LogP contribution >= 0.6 is 0 Å². The Bertz CT molecular complexity index is 1490. The Morgan fingerprint density at radius 3 is 1.75 bits per heavy atom. The van der Waals surface area contributed by atoms with Crippen molar-refractivity contribution in [2.45, 2.75) is 19.3 Å². The zero-order chi connectivity index (χ0) is 31.9. The maximum absolute atomic E-state index is 12.5. The molecule has 0 aliphatic rings. The third kappa shape index (κ3) is 10.6. The number of esters is 4. The van der Waals surface area contributed by atoms with Crippen LogP contribution in [-0.4, -0.2) is 50.4 Å². The summed E-state index contributed by atoms with van der Waals surface area (Å²) in [5, 5.41) is 0. The Labute approximate surface area is 253 Å². The van der Waals surface area contributed by atoms with Crippen LogP contribution in [-0.2, 0) is 28.6 Å². The maximum Gasteiger partial charge on any atom is 0.513 e. The van der Waals surface area contributed by atoms with Crippen molar-refractivity contribution >= 4 is 30.0 Å². The molecule has 228 valence electrons. The van der Waals surface area contributed by atoms with Crippen LogP contribution in [0.3, 0.4) is 0 Å². The molecule has 0 unspecified atom stereocenters. The Morgan fingerprint density at radius 2 is 1.18 bits per heavy atom. The minimum Gasteiger partial charge on any atom is -0.469 e. The Morgan fingerprint density at radius 1 is 0.682 bits per heavy atom. The molecule has 0 amide bonds. The molecule has 0 spiro atoms. The molecule has 0 fully saturated rings. The van der Waals surface area contributed by atoms with Gasteiger partial charge in [0.1, 0.15) is 17.2 Å². The van der Waals surface area contributed by atoms with Gasteiger partial charge >= 0.3 is 30.0 Å². The molecule has 3 rings (SSSR count). The van der Waals surface area contributed by atoms with Gasteiger partial charge in [0, 0.05) is 11.6 Å². The van der Waals surface area contributed by atoms with Crippen LogP contribution in [0.4, 0.5) is 4.79 Å². The number of methoxy groups -OCH3 is 1. The van der Waals surface area contributed by atoms with Gasteiger partial charge in [0.2, 0.25) is 0 Å². The molecule has 0 N–H and O–H groups in total. The molecule has 44 heavy (non-hydrogen) atoms. The molecule has 0 atom stereocenters. The number of carbonyl (C=O) groups is 5. The van der Waals surface area contributed by atoms with E-state index in [4.69, 9.17) is 23.7 Å². The van der Waals surface area contributed by atoms with Gasteiger partial charge in [-0.25, -0.2) is 19.2 Å². The van der Waals surface area contributed by atoms with E-state index in [2.05, 4.69) is 17.9 Å². The largest absolute Gasteiger partial charge is 0.513 e. The van der Waals surface area contributed by atoms with Crippen LogP contribution < -0.4 is 14.2 Å². The van der Waals surface area contributed by atoms with Gasteiger partial charge in [0.25, 0.3) is 0 Å². The van der Waals surface area contributed by atoms with E-state index in [0.717, 1.165) is 17.2 Å². The first-order valence-electron chi connectivity index (χ1n) is 13.3. The molecule has 3 aromatic carbocycles. The van der Waals surface area contributed by atoms with Gasteiger partial charge in [-0.3, -0.25) is 4.79 Å². The second-order valence-corrected chi connectivity index (χ2v) is 8.99. The van der Waals surface area contributed by atoms with Gasteiger partial charge in [-0.15, -0.1) is 0 Å². The fraction of sp³-hybridized carbons (Fsp3) is 0.182. The van der Waals surface area contributed by atoms with Crippen molar-refractivity contribution in [1.29, 1.82) is 0 Å². The van der Waals surface area contributed by atoms with Crippen LogP contribution in [0, 0.1) is 0 Å². The molecule has 11 heteroatoms. The number of unbranched alkanes of at least 4 members (excludes halogenated alkanes) is 1. The minimum absolute atomic E-state index is 0.00419. The summed E-state index contributed by atoms with van der Waals surface area (Å²) in [6, 6.07) is 19.5. The smallest absolute Gasteiger partial charge is 0.469 e. The first kappa shape index (κ1) is 32.8. The van der Waals surface area contributed by atoms with E-state index in [-0.39, 0.29) is 36.7 Å². The van der Waals surface area contributed by atoms with Crippen molar-refractivity contribution in [3.63, 3.8) is 0 Å². The topological polar surface area (TPSA) is 141 Å². The van der Waals surface area contributed by atoms with E-state index in [0.29, 0.717) is 24.2 Å². The molecule has 3 aromatic rings. The lowest BCUT2D eigenvalue weighted by atomic mass is 10.0. The molecule has 0 aliphatic carbocycles. The van der Waals surface area contributed by atoms with Gasteiger partial charge in [-0.1, -0.05) is 37.4 Å². The van der Waals surface area contributed by atoms with Crippen molar-refractivity contribution in [1.82, 2.24) is 0 Å².